The lowest BCUT2D eigenvalue weighted by Gasteiger charge is -2.49. The lowest BCUT2D eigenvalue weighted by molar-refractivity contribution is -0.312. The van der Waals surface area contributed by atoms with Crippen LogP contribution in [0.5, 0.6) is 0 Å². The van der Waals surface area contributed by atoms with Gasteiger partial charge >= 0.3 is 11.9 Å². The molecule has 21 heteroatoms. The third-order valence-electron chi connectivity index (χ3n) is 15.1. The molecule has 3 saturated heterocycles. The molecule has 442 valence electrons. The van der Waals surface area contributed by atoms with Gasteiger partial charge in [0.1, 0.15) is 18.1 Å². The summed E-state index contributed by atoms with van der Waals surface area (Å²) in [5, 5.41) is 122. The number of hydrogen-bond donors (Lipinski definition) is 12. The molecule has 2 bridgehead atoms. The fourth-order valence-electron chi connectivity index (χ4n) is 10.4. The number of carbonyl (C=O) groups is 3. The summed E-state index contributed by atoms with van der Waals surface area (Å²) in [5.41, 5.74) is 5.60. The fraction of sp³-hybridized carbons (Fsp3) is 0.702. The van der Waals surface area contributed by atoms with E-state index in [0.717, 1.165) is 19.3 Å². The second kappa shape index (κ2) is 33.7. The first-order chi connectivity index (χ1) is 37.0. The monoisotopic (exact) mass is 1110 g/mol. The summed E-state index contributed by atoms with van der Waals surface area (Å²) in [4.78, 5) is 42.1. The van der Waals surface area contributed by atoms with Crippen molar-refractivity contribution >= 4 is 17.8 Å². The number of carbonyl (C=O) groups excluding carboxylic acids is 2. The van der Waals surface area contributed by atoms with Crippen LogP contribution in [0.4, 0.5) is 0 Å². The average Bonchev–Trinajstić information content (AvgIpc) is 3.38. The highest BCUT2D eigenvalue weighted by Gasteiger charge is 2.52. The summed E-state index contributed by atoms with van der Waals surface area (Å²) in [7, 11) is 0. The number of aliphatic hydroxyl groups excluding tert-OH is 9. The van der Waals surface area contributed by atoms with E-state index in [1.54, 1.807) is 86.4 Å². The SMILES string of the molecule is C[C@@H]1[C@H](O)[C@@H](C)\C=C/C=C/C=C/C=C/C=C/C=C/C=C/[C@H](O[C@@H]2O[C@H](C)[C@@H](O)[C@H](N3CCN(C(=O)CCCCCN)CC3)[C@@H]2O)C[C@@H]2O[C@](O)(C[C@@H](O)C[C@@H](O)[C@H](O)CC[C@@H](O)C[C@@H](O)CC(=O)O[C@H]1C)C[C@H](O)[C@H]2C(=O)O. The molecule has 0 aliphatic carbocycles. The summed E-state index contributed by atoms with van der Waals surface area (Å²) in [6.07, 6.45) is 6.27. The van der Waals surface area contributed by atoms with E-state index in [1.165, 1.54) is 0 Å². The van der Waals surface area contributed by atoms with Crippen LogP contribution in [0.15, 0.2) is 85.1 Å². The van der Waals surface area contributed by atoms with Crippen molar-refractivity contribution in [1.82, 2.24) is 9.80 Å². The average molecular weight is 1110 g/mol. The lowest BCUT2D eigenvalue weighted by Crippen LogP contribution is -2.66. The summed E-state index contributed by atoms with van der Waals surface area (Å²) in [5.74, 6) is -6.89. The molecule has 0 radical (unpaired) electrons. The number of cyclic esters (lactones) is 1. The Labute approximate surface area is 459 Å². The zero-order valence-corrected chi connectivity index (χ0v) is 45.7. The fourth-order valence-corrected chi connectivity index (χ4v) is 10.4. The Morgan fingerprint density at radius 1 is 0.667 bits per heavy atom. The summed E-state index contributed by atoms with van der Waals surface area (Å²) < 4.78 is 24.0. The quantitative estimate of drug-likeness (QED) is 0.115. The van der Waals surface area contributed by atoms with Crippen molar-refractivity contribution in [2.24, 2.45) is 23.5 Å². The normalized spacial score (nSPS) is 41.3. The molecule has 19 atom stereocenters. The molecule has 0 aromatic carbocycles. The minimum Gasteiger partial charge on any atom is -0.481 e. The maximum absolute atomic E-state index is 13.0. The van der Waals surface area contributed by atoms with Gasteiger partial charge in [0.2, 0.25) is 5.91 Å². The number of ether oxygens (including phenoxy) is 4. The van der Waals surface area contributed by atoms with Gasteiger partial charge in [-0.15, -0.1) is 0 Å². The predicted molar refractivity (Wildman–Crippen MR) is 288 cm³/mol. The molecule has 78 heavy (non-hydrogen) atoms. The van der Waals surface area contributed by atoms with E-state index >= 15 is 0 Å². The van der Waals surface area contributed by atoms with Gasteiger partial charge in [-0.25, -0.2) is 0 Å². The van der Waals surface area contributed by atoms with E-state index in [-0.39, 0.29) is 37.5 Å². The Morgan fingerprint density at radius 2 is 1.27 bits per heavy atom. The van der Waals surface area contributed by atoms with Gasteiger partial charge in [0.25, 0.3) is 0 Å². The Bertz CT molecular complexity index is 2030. The molecule has 0 spiro atoms. The molecule has 4 aliphatic rings. The predicted octanol–water partition coefficient (Wildman–Crippen LogP) is 1.42. The molecule has 4 heterocycles. The van der Waals surface area contributed by atoms with Gasteiger partial charge in [0.15, 0.2) is 12.1 Å². The molecule has 3 fully saturated rings. The number of carboxylic acids is 1. The molecular formula is C57H91N3O18. The minimum absolute atomic E-state index is 0.0195. The van der Waals surface area contributed by atoms with Gasteiger partial charge in [-0.05, 0) is 52.5 Å². The van der Waals surface area contributed by atoms with E-state index in [9.17, 15) is 70.6 Å². The topological polar surface area (TPSA) is 343 Å². The van der Waals surface area contributed by atoms with Gasteiger partial charge in [0, 0.05) is 70.1 Å². The number of unbranched alkanes of at least 4 members (excludes halogenated alkanes) is 2. The van der Waals surface area contributed by atoms with Crippen LogP contribution in [-0.2, 0) is 33.3 Å². The minimum atomic E-state index is -2.36. The number of allylic oxidation sites excluding steroid dienone is 12. The first-order valence-corrected chi connectivity index (χ1v) is 27.7. The van der Waals surface area contributed by atoms with Crippen LogP contribution in [0.1, 0.15) is 105 Å². The number of esters is 1. The van der Waals surface area contributed by atoms with E-state index in [4.69, 9.17) is 24.7 Å². The van der Waals surface area contributed by atoms with Gasteiger partial charge in [-0.1, -0.05) is 105 Å². The summed E-state index contributed by atoms with van der Waals surface area (Å²) in [6, 6.07) is -0.887. The Hall–Kier alpha value is -4.01. The summed E-state index contributed by atoms with van der Waals surface area (Å²) >= 11 is 0. The second-order valence-electron chi connectivity index (χ2n) is 21.5. The van der Waals surface area contributed by atoms with Crippen LogP contribution in [0, 0.1) is 17.8 Å². The number of fused-ring (bicyclic) bond motifs is 2. The molecule has 0 aromatic heterocycles. The highest BCUT2D eigenvalue weighted by Crippen LogP contribution is 2.38. The number of aliphatic carboxylic acids is 1. The van der Waals surface area contributed by atoms with Crippen LogP contribution in [0.2, 0.25) is 0 Å². The lowest BCUT2D eigenvalue weighted by atomic mass is 9.82. The zero-order valence-electron chi connectivity index (χ0n) is 45.7. The highest BCUT2D eigenvalue weighted by atomic mass is 16.7. The van der Waals surface area contributed by atoms with E-state index in [0.29, 0.717) is 39.1 Å². The van der Waals surface area contributed by atoms with E-state index in [1.807, 2.05) is 36.1 Å². The molecule has 21 nitrogen and oxygen atoms in total. The van der Waals surface area contributed by atoms with Crippen molar-refractivity contribution in [2.75, 3.05) is 32.7 Å². The maximum atomic E-state index is 13.0. The van der Waals surface area contributed by atoms with Gasteiger partial charge in [-0.2, -0.15) is 0 Å². The molecule has 1 amide bonds. The number of nitrogens with zero attached hydrogens (tertiary/aromatic N) is 2. The van der Waals surface area contributed by atoms with Crippen molar-refractivity contribution in [3.8, 4) is 0 Å². The molecular weight excluding hydrogens is 1010 g/mol. The first-order valence-electron chi connectivity index (χ1n) is 27.7. The Balaban J connectivity index is 1.57. The van der Waals surface area contributed by atoms with Crippen LogP contribution < -0.4 is 5.73 Å². The Morgan fingerprint density at radius 3 is 1.87 bits per heavy atom. The number of rotatable bonds is 9. The van der Waals surface area contributed by atoms with Crippen LogP contribution in [-0.4, -0.2) is 214 Å². The van der Waals surface area contributed by atoms with Crippen LogP contribution >= 0.6 is 0 Å². The van der Waals surface area contributed by atoms with Crippen molar-refractivity contribution < 1.29 is 89.5 Å². The highest BCUT2D eigenvalue weighted by molar-refractivity contribution is 5.76. The molecule has 13 N–H and O–H groups in total. The van der Waals surface area contributed by atoms with Crippen molar-refractivity contribution in [3.63, 3.8) is 0 Å². The molecule has 0 unspecified atom stereocenters. The Kier molecular flexibility index (Phi) is 28.7. The van der Waals surface area contributed by atoms with Crippen molar-refractivity contribution in [3.05, 3.63) is 85.1 Å². The molecule has 4 rings (SSSR count). The van der Waals surface area contributed by atoms with Crippen LogP contribution in [0.25, 0.3) is 0 Å². The third-order valence-corrected chi connectivity index (χ3v) is 15.1. The number of piperazine rings is 1. The van der Waals surface area contributed by atoms with Gasteiger partial charge < -0.3 is 85.8 Å². The van der Waals surface area contributed by atoms with Gasteiger partial charge in [-0.3, -0.25) is 19.3 Å². The third kappa shape index (κ3) is 21.8. The smallest absolute Gasteiger partial charge is 0.311 e. The van der Waals surface area contributed by atoms with Gasteiger partial charge in [0.05, 0.1) is 79.6 Å². The molecule has 4 aliphatic heterocycles. The van der Waals surface area contributed by atoms with E-state index in [2.05, 4.69) is 0 Å². The zero-order chi connectivity index (χ0) is 57.5. The maximum Gasteiger partial charge on any atom is 0.311 e. The number of nitrogens with two attached hydrogens (primary N) is 1. The summed E-state index contributed by atoms with van der Waals surface area (Å²) in [6.45, 7) is 8.85. The number of aliphatic hydroxyl groups is 10. The number of carboxylic acid groups (broad SMARTS) is 1. The largest absolute Gasteiger partial charge is 0.481 e. The van der Waals surface area contributed by atoms with Crippen molar-refractivity contribution in [2.45, 2.75) is 202 Å². The number of amides is 1. The molecule has 0 saturated carbocycles. The van der Waals surface area contributed by atoms with Crippen molar-refractivity contribution in [1.29, 1.82) is 0 Å². The number of hydrogen-bond acceptors (Lipinski definition) is 19. The van der Waals surface area contributed by atoms with Crippen LogP contribution in [0.3, 0.4) is 0 Å². The van der Waals surface area contributed by atoms with E-state index < -0.39 is 147 Å². The first kappa shape index (κ1) is 66.5. The standard InChI is InChI=1S/C57H91N3O18/c1-36-20-16-13-11-9-7-5-6-8-10-12-14-17-21-43(77-56-54(71)51(53(70)39(4)76-56)60-28-26-59(27-29-60)48(67)22-18-15-19-25-58)33-47-50(55(72)73)46(66)35-57(74,78-47)34-42(63)31-45(65)44(64)24-23-40(61)30-41(62)32-49(68)75-38(3)37(2)52(36)69/h5-14,16-17,20-21,36-47,50-54,56,61-66,69-71,74H,15,18-19,22-35,58H2,1-4H3,(H,72,73)/b6-5+,9-7+,10-8+,13-11+,14-12+,20-16-,21-17+/t36-,37-,38-,39+,40+,41+,42-,43-,44+,45+,46-,47-,50+,51-,52+,53+,54-,56-,57+/m0/s1. The second-order valence-corrected chi connectivity index (χ2v) is 21.5. The molecule has 0 aromatic rings.